The first-order chi connectivity index (χ1) is 8.31. The van der Waals surface area contributed by atoms with Crippen LogP contribution in [-0.4, -0.2) is 16.0 Å². The second-order valence-corrected chi connectivity index (χ2v) is 4.34. The summed E-state index contributed by atoms with van der Waals surface area (Å²) >= 11 is 0. The Balaban J connectivity index is 1.71. The molecular formula is C13H14N4. The molecule has 4 nitrogen and oxygen atoms in total. The van der Waals surface area contributed by atoms with Crippen molar-refractivity contribution in [3.05, 3.63) is 47.8 Å². The summed E-state index contributed by atoms with van der Waals surface area (Å²) < 4.78 is 0. The molecule has 0 bridgehead atoms. The lowest BCUT2D eigenvalue weighted by Gasteiger charge is -2.11. The van der Waals surface area contributed by atoms with E-state index in [0.29, 0.717) is 11.9 Å². The van der Waals surface area contributed by atoms with E-state index in [1.807, 2.05) is 0 Å². The van der Waals surface area contributed by atoms with Gasteiger partial charge in [-0.25, -0.2) is 9.97 Å². The molecule has 0 unspecified atom stereocenters. The Bertz CT molecular complexity index is 496. The van der Waals surface area contributed by atoms with Crippen LogP contribution in [0.25, 0.3) is 0 Å². The maximum atomic E-state index is 5.50. The highest BCUT2D eigenvalue weighted by atomic mass is 15.0. The molecule has 0 spiro atoms. The van der Waals surface area contributed by atoms with Gasteiger partial charge in [-0.05, 0) is 24.0 Å². The van der Waals surface area contributed by atoms with Crippen LogP contribution < -0.4 is 11.1 Å². The number of aromatic nitrogens is 2. The van der Waals surface area contributed by atoms with Crippen LogP contribution in [0.15, 0.2) is 36.7 Å². The Kier molecular flexibility index (Phi) is 2.40. The van der Waals surface area contributed by atoms with Gasteiger partial charge in [-0.2, -0.15) is 0 Å². The number of nitrogens with two attached hydrogens (primary N) is 1. The molecule has 3 rings (SSSR count). The number of hydrogen-bond donors (Lipinski definition) is 2. The summed E-state index contributed by atoms with van der Waals surface area (Å²) in [6.45, 7) is 0. The molecule has 0 fully saturated rings. The molecule has 0 radical (unpaired) electrons. The first kappa shape index (κ1) is 10.1. The Morgan fingerprint density at radius 3 is 2.35 bits per heavy atom. The van der Waals surface area contributed by atoms with Crippen LogP contribution in [0.2, 0.25) is 0 Å². The molecule has 1 aliphatic carbocycles. The van der Waals surface area contributed by atoms with E-state index in [-0.39, 0.29) is 0 Å². The Labute approximate surface area is 99.9 Å². The Hall–Kier alpha value is -2.10. The minimum absolute atomic E-state index is 0.408. The number of rotatable bonds is 2. The van der Waals surface area contributed by atoms with Crippen molar-refractivity contribution >= 4 is 11.6 Å². The van der Waals surface area contributed by atoms with Gasteiger partial charge in [0.15, 0.2) is 0 Å². The van der Waals surface area contributed by atoms with Gasteiger partial charge in [0.2, 0.25) is 0 Å². The Morgan fingerprint density at radius 1 is 1.06 bits per heavy atom. The second-order valence-electron chi connectivity index (χ2n) is 4.34. The van der Waals surface area contributed by atoms with Crippen molar-refractivity contribution < 1.29 is 0 Å². The van der Waals surface area contributed by atoms with Gasteiger partial charge in [0, 0.05) is 6.04 Å². The van der Waals surface area contributed by atoms with Crippen LogP contribution in [0.3, 0.4) is 0 Å². The second kappa shape index (κ2) is 4.05. The SMILES string of the molecule is Nc1cnc(NC2Cc3ccccc3C2)cn1. The molecule has 0 aliphatic heterocycles. The van der Waals surface area contributed by atoms with Gasteiger partial charge in [0.25, 0.3) is 0 Å². The first-order valence-corrected chi connectivity index (χ1v) is 5.72. The van der Waals surface area contributed by atoms with Crippen LogP contribution in [-0.2, 0) is 12.8 Å². The molecule has 4 heteroatoms. The monoisotopic (exact) mass is 226 g/mol. The van der Waals surface area contributed by atoms with E-state index in [1.54, 1.807) is 12.4 Å². The van der Waals surface area contributed by atoms with Crippen molar-refractivity contribution in [3.8, 4) is 0 Å². The first-order valence-electron chi connectivity index (χ1n) is 5.72. The molecule has 17 heavy (non-hydrogen) atoms. The quantitative estimate of drug-likeness (QED) is 0.817. The highest BCUT2D eigenvalue weighted by molar-refractivity contribution is 5.41. The van der Waals surface area contributed by atoms with Crippen LogP contribution in [0.4, 0.5) is 11.6 Å². The molecule has 1 aromatic carbocycles. The molecule has 2 aromatic rings. The Morgan fingerprint density at radius 2 is 1.76 bits per heavy atom. The highest BCUT2D eigenvalue weighted by Gasteiger charge is 2.20. The molecule has 0 amide bonds. The van der Waals surface area contributed by atoms with Gasteiger partial charge < -0.3 is 11.1 Å². The molecule has 86 valence electrons. The minimum atomic E-state index is 0.408. The number of nitrogens with zero attached hydrogens (tertiary/aromatic N) is 2. The lowest BCUT2D eigenvalue weighted by atomic mass is 10.1. The van der Waals surface area contributed by atoms with Crippen LogP contribution >= 0.6 is 0 Å². The third-order valence-electron chi connectivity index (χ3n) is 3.07. The molecule has 0 atom stereocenters. The summed E-state index contributed by atoms with van der Waals surface area (Å²) in [4.78, 5) is 8.23. The number of nitrogens with one attached hydrogen (secondary N) is 1. The fourth-order valence-electron chi connectivity index (χ4n) is 2.28. The number of hydrogen-bond acceptors (Lipinski definition) is 4. The maximum absolute atomic E-state index is 5.50. The van der Waals surface area contributed by atoms with Crippen LogP contribution in [0, 0.1) is 0 Å². The fraction of sp³-hybridized carbons (Fsp3) is 0.231. The van der Waals surface area contributed by atoms with Crippen molar-refractivity contribution in [2.24, 2.45) is 0 Å². The molecule has 1 aromatic heterocycles. The van der Waals surface area contributed by atoms with E-state index in [0.717, 1.165) is 18.7 Å². The van der Waals surface area contributed by atoms with Crippen molar-refractivity contribution in [1.29, 1.82) is 0 Å². The predicted octanol–water partition coefficient (Wildman–Crippen LogP) is 1.64. The fourth-order valence-corrected chi connectivity index (χ4v) is 2.28. The largest absolute Gasteiger partial charge is 0.382 e. The zero-order chi connectivity index (χ0) is 11.7. The predicted molar refractivity (Wildman–Crippen MR) is 67.7 cm³/mol. The maximum Gasteiger partial charge on any atom is 0.144 e. The summed E-state index contributed by atoms with van der Waals surface area (Å²) in [5.74, 6) is 1.24. The summed E-state index contributed by atoms with van der Waals surface area (Å²) in [6, 6.07) is 8.96. The average Bonchev–Trinajstić information content (AvgIpc) is 2.74. The van der Waals surface area contributed by atoms with Gasteiger partial charge in [-0.15, -0.1) is 0 Å². The molecule has 1 heterocycles. The smallest absolute Gasteiger partial charge is 0.144 e. The highest BCUT2D eigenvalue weighted by Crippen LogP contribution is 2.23. The molecule has 0 saturated carbocycles. The molecule has 0 saturated heterocycles. The lowest BCUT2D eigenvalue weighted by Crippen LogP contribution is -2.20. The van der Waals surface area contributed by atoms with E-state index >= 15 is 0 Å². The lowest BCUT2D eigenvalue weighted by molar-refractivity contribution is 0.767. The number of nitrogen functional groups attached to an aromatic ring is 1. The van der Waals surface area contributed by atoms with Gasteiger partial charge in [-0.1, -0.05) is 24.3 Å². The van der Waals surface area contributed by atoms with E-state index in [9.17, 15) is 0 Å². The normalized spacial score (nSPS) is 14.6. The third kappa shape index (κ3) is 2.06. The zero-order valence-corrected chi connectivity index (χ0v) is 9.43. The van der Waals surface area contributed by atoms with E-state index < -0.39 is 0 Å². The zero-order valence-electron chi connectivity index (χ0n) is 9.43. The molecule has 3 N–H and O–H groups in total. The van der Waals surface area contributed by atoms with Gasteiger partial charge in [0.1, 0.15) is 11.6 Å². The third-order valence-corrected chi connectivity index (χ3v) is 3.07. The van der Waals surface area contributed by atoms with Crippen molar-refractivity contribution in [2.45, 2.75) is 18.9 Å². The van der Waals surface area contributed by atoms with E-state index in [1.165, 1.54) is 11.1 Å². The summed E-state index contributed by atoms with van der Waals surface area (Å²) in [6.07, 6.45) is 5.34. The summed E-state index contributed by atoms with van der Waals surface area (Å²) in [5.41, 5.74) is 8.35. The van der Waals surface area contributed by atoms with Gasteiger partial charge in [0.05, 0.1) is 12.4 Å². The van der Waals surface area contributed by atoms with Crippen LogP contribution in [0.1, 0.15) is 11.1 Å². The van der Waals surface area contributed by atoms with Crippen molar-refractivity contribution in [1.82, 2.24) is 9.97 Å². The topological polar surface area (TPSA) is 63.8 Å². The number of fused-ring (bicyclic) bond motifs is 1. The minimum Gasteiger partial charge on any atom is -0.382 e. The van der Waals surface area contributed by atoms with Crippen molar-refractivity contribution in [2.75, 3.05) is 11.1 Å². The molecule has 1 aliphatic rings. The number of benzene rings is 1. The average molecular weight is 226 g/mol. The number of anilines is 2. The summed E-state index contributed by atoms with van der Waals surface area (Å²) in [7, 11) is 0. The summed E-state index contributed by atoms with van der Waals surface area (Å²) in [5, 5.41) is 3.39. The van der Waals surface area contributed by atoms with Gasteiger partial charge in [-0.3, -0.25) is 0 Å². The standard InChI is InChI=1S/C13H14N4/c14-12-7-16-13(8-15-12)17-11-5-9-3-1-2-4-10(9)6-11/h1-4,7-8,11H,5-6H2,(H2,14,15)(H,16,17). The van der Waals surface area contributed by atoms with E-state index in [2.05, 4.69) is 39.6 Å². The van der Waals surface area contributed by atoms with Crippen LogP contribution in [0.5, 0.6) is 0 Å². The van der Waals surface area contributed by atoms with Crippen molar-refractivity contribution in [3.63, 3.8) is 0 Å². The van der Waals surface area contributed by atoms with Gasteiger partial charge >= 0.3 is 0 Å². The van der Waals surface area contributed by atoms with E-state index in [4.69, 9.17) is 5.73 Å². The molecular weight excluding hydrogens is 212 g/mol.